The van der Waals surface area contributed by atoms with Crippen LogP contribution in [0.3, 0.4) is 0 Å². The van der Waals surface area contributed by atoms with Crippen LogP contribution < -0.4 is 38.3 Å². The van der Waals surface area contributed by atoms with Crippen molar-refractivity contribution in [3.63, 3.8) is 0 Å². The lowest BCUT2D eigenvalue weighted by atomic mass is 9.99. The van der Waals surface area contributed by atoms with E-state index in [2.05, 4.69) is 26.3 Å². The fourth-order valence-corrected chi connectivity index (χ4v) is 5.17. The van der Waals surface area contributed by atoms with Gasteiger partial charge in [-0.2, -0.15) is 0 Å². The number of ether oxygens (including phenoxy) is 1. The SMILES string of the molecule is CC(C)C[C@H](NC(=O)[C@H](NC(=O)[C@@H](NC(=O)[C@@H](CC(=O)OC(C)(C)C)NC(=O)[C@H](N)Cc1c[nH]c2ccccc12)[C@@H](C)O)C(C)C)C(=O)NN. The summed E-state index contributed by atoms with van der Waals surface area (Å²) in [5.41, 5.74) is 8.97. The molecule has 1 heterocycles. The number of hydrogen-bond acceptors (Lipinski definition) is 10. The van der Waals surface area contributed by atoms with Gasteiger partial charge >= 0.3 is 5.97 Å². The summed E-state index contributed by atoms with van der Waals surface area (Å²) in [6, 6.07) is 1.02. The summed E-state index contributed by atoms with van der Waals surface area (Å²) in [4.78, 5) is 81.8. The Morgan fingerprint density at radius 1 is 0.820 bits per heavy atom. The first-order valence-corrected chi connectivity index (χ1v) is 16.7. The molecule has 0 saturated carbocycles. The maximum Gasteiger partial charge on any atom is 0.308 e. The molecule has 0 unspecified atom stereocenters. The first-order valence-electron chi connectivity index (χ1n) is 16.7. The molecule has 16 nitrogen and oxygen atoms in total. The minimum absolute atomic E-state index is 0.0247. The van der Waals surface area contributed by atoms with Crippen LogP contribution in [0.4, 0.5) is 0 Å². The third kappa shape index (κ3) is 12.7. The number of aliphatic hydroxyl groups excluding tert-OH is 1. The highest BCUT2D eigenvalue weighted by molar-refractivity contribution is 5.97. The molecule has 6 atom stereocenters. The zero-order valence-corrected chi connectivity index (χ0v) is 30.1. The Morgan fingerprint density at radius 3 is 1.96 bits per heavy atom. The summed E-state index contributed by atoms with van der Waals surface area (Å²) in [5.74, 6) is 0.0706. The summed E-state index contributed by atoms with van der Waals surface area (Å²) >= 11 is 0. The van der Waals surface area contributed by atoms with Gasteiger partial charge in [0, 0.05) is 17.1 Å². The van der Waals surface area contributed by atoms with Gasteiger partial charge in [0.25, 0.3) is 5.91 Å². The van der Waals surface area contributed by atoms with Gasteiger partial charge in [-0.05, 0) is 64.0 Å². The molecule has 1 aromatic heterocycles. The Balaban J connectivity index is 2.26. The van der Waals surface area contributed by atoms with Crippen LogP contribution in [0, 0.1) is 11.8 Å². The fraction of sp³-hybridized carbons (Fsp3) is 0.588. The molecule has 50 heavy (non-hydrogen) atoms. The van der Waals surface area contributed by atoms with Gasteiger partial charge < -0.3 is 41.8 Å². The number of esters is 1. The number of H-pyrrole nitrogens is 1. The molecule has 0 radical (unpaired) electrons. The quantitative estimate of drug-likeness (QED) is 0.0453. The molecule has 0 spiro atoms. The number of carbonyl (C=O) groups excluding carboxylic acids is 6. The van der Waals surface area contributed by atoms with Crippen molar-refractivity contribution in [2.75, 3.05) is 0 Å². The number of para-hydroxylation sites is 1. The van der Waals surface area contributed by atoms with Crippen LogP contribution in [-0.2, 0) is 39.9 Å². The number of fused-ring (bicyclic) bond motifs is 1. The number of aliphatic hydroxyl groups is 1. The van der Waals surface area contributed by atoms with Crippen molar-refractivity contribution >= 4 is 46.4 Å². The van der Waals surface area contributed by atoms with Crippen molar-refractivity contribution in [3.8, 4) is 0 Å². The molecule has 1 aromatic carbocycles. The number of aromatic amines is 1. The third-order valence-corrected chi connectivity index (χ3v) is 7.67. The van der Waals surface area contributed by atoms with E-state index in [9.17, 15) is 33.9 Å². The highest BCUT2D eigenvalue weighted by Gasteiger charge is 2.36. The molecule has 0 aliphatic heterocycles. The number of hydrogen-bond donors (Lipinski definition) is 9. The molecule has 16 heteroatoms. The van der Waals surface area contributed by atoms with E-state index >= 15 is 0 Å². The summed E-state index contributed by atoms with van der Waals surface area (Å²) in [5, 5.41) is 21.4. The lowest BCUT2D eigenvalue weighted by molar-refractivity contribution is -0.156. The number of rotatable bonds is 17. The molecule has 0 bridgehead atoms. The van der Waals surface area contributed by atoms with E-state index in [0.717, 1.165) is 16.5 Å². The van der Waals surface area contributed by atoms with E-state index in [1.54, 1.807) is 40.8 Å². The summed E-state index contributed by atoms with van der Waals surface area (Å²) in [7, 11) is 0. The van der Waals surface area contributed by atoms with Gasteiger partial charge in [0.15, 0.2) is 0 Å². The molecule has 2 rings (SSSR count). The number of nitrogens with two attached hydrogens (primary N) is 2. The third-order valence-electron chi connectivity index (χ3n) is 7.67. The number of amides is 5. The average Bonchev–Trinajstić information content (AvgIpc) is 3.41. The minimum atomic E-state index is -1.62. The van der Waals surface area contributed by atoms with Crippen molar-refractivity contribution < 1.29 is 38.6 Å². The molecule has 0 aliphatic rings. The summed E-state index contributed by atoms with van der Waals surface area (Å²) in [6.07, 6.45) is 0.0277. The number of hydrazine groups is 1. The topological polar surface area (TPSA) is 260 Å². The second-order valence-electron chi connectivity index (χ2n) is 14.2. The molecule has 11 N–H and O–H groups in total. The van der Waals surface area contributed by atoms with Crippen LogP contribution in [0.5, 0.6) is 0 Å². The lowest BCUT2D eigenvalue weighted by Gasteiger charge is -2.29. The zero-order valence-electron chi connectivity index (χ0n) is 30.1. The normalized spacial score (nSPS) is 15.3. The molecule has 0 fully saturated rings. The van der Waals surface area contributed by atoms with E-state index in [4.69, 9.17) is 16.3 Å². The predicted octanol–water partition coefficient (Wildman–Crippen LogP) is -0.218. The van der Waals surface area contributed by atoms with Crippen LogP contribution in [0.15, 0.2) is 30.5 Å². The van der Waals surface area contributed by atoms with Crippen molar-refractivity contribution in [3.05, 3.63) is 36.0 Å². The highest BCUT2D eigenvalue weighted by Crippen LogP contribution is 2.19. The van der Waals surface area contributed by atoms with Crippen LogP contribution in [-0.4, -0.2) is 87.5 Å². The van der Waals surface area contributed by atoms with Crippen molar-refractivity contribution in [2.45, 2.75) is 117 Å². The Kier molecular flexibility index (Phi) is 15.4. The van der Waals surface area contributed by atoms with E-state index in [0.29, 0.717) is 0 Å². The van der Waals surface area contributed by atoms with E-state index in [1.807, 2.05) is 43.5 Å². The standard InChI is InChI=1S/C34H54N8O8/c1-17(2)13-24(31(47)42-36)39-32(48)27(18(3)4)40-33(49)28(19(5)43)41-30(46)25(15-26(44)50-34(6,7)8)38-29(45)22(35)14-20-16-37-23-12-10-9-11-21(20)23/h9-12,16-19,22,24-25,27-28,37,43H,13-15,35-36H2,1-8H3,(H,38,45)(H,39,48)(H,40,49)(H,41,46)(H,42,47)/t19-,22-,24+,25-,27-,28+/m1/s1. The van der Waals surface area contributed by atoms with Gasteiger partial charge in [-0.25, -0.2) is 5.84 Å². The van der Waals surface area contributed by atoms with E-state index < -0.39 is 89.8 Å². The van der Waals surface area contributed by atoms with Crippen molar-refractivity contribution in [2.24, 2.45) is 23.4 Å². The summed E-state index contributed by atoms with van der Waals surface area (Å²) < 4.78 is 5.36. The number of carbonyl (C=O) groups is 6. The average molecular weight is 703 g/mol. The molecule has 2 aromatic rings. The molecule has 0 aliphatic carbocycles. The van der Waals surface area contributed by atoms with Gasteiger partial charge in [-0.1, -0.05) is 45.9 Å². The smallest absolute Gasteiger partial charge is 0.308 e. The van der Waals surface area contributed by atoms with Gasteiger partial charge in [-0.3, -0.25) is 34.2 Å². The van der Waals surface area contributed by atoms with Gasteiger partial charge in [0.05, 0.1) is 18.6 Å². The first kappa shape index (κ1) is 41.6. The fourth-order valence-electron chi connectivity index (χ4n) is 5.17. The second kappa shape index (κ2) is 18.5. The van der Waals surface area contributed by atoms with Crippen LogP contribution in [0.25, 0.3) is 10.9 Å². The Hall–Kier alpha value is -4.54. The number of aromatic nitrogens is 1. The highest BCUT2D eigenvalue weighted by atomic mass is 16.6. The van der Waals surface area contributed by atoms with Crippen LogP contribution >= 0.6 is 0 Å². The monoisotopic (exact) mass is 702 g/mol. The van der Waals surface area contributed by atoms with Crippen LogP contribution in [0.1, 0.15) is 73.8 Å². The largest absolute Gasteiger partial charge is 0.460 e. The molecule has 0 saturated heterocycles. The Bertz CT molecular complexity index is 1500. The second-order valence-corrected chi connectivity index (χ2v) is 14.2. The van der Waals surface area contributed by atoms with E-state index in [1.165, 1.54) is 6.92 Å². The number of nitrogens with one attached hydrogen (secondary N) is 6. The maximum atomic E-state index is 13.6. The summed E-state index contributed by atoms with van der Waals surface area (Å²) in [6.45, 7) is 13.2. The predicted molar refractivity (Wildman–Crippen MR) is 186 cm³/mol. The van der Waals surface area contributed by atoms with Gasteiger partial charge in [0.2, 0.25) is 23.6 Å². The molecular formula is C34H54N8O8. The minimum Gasteiger partial charge on any atom is -0.460 e. The van der Waals surface area contributed by atoms with E-state index in [-0.39, 0.29) is 18.8 Å². The van der Waals surface area contributed by atoms with Crippen molar-refractivity contribution in [1.29, 1.82) is 0 Å². The Labute approximate surface area is 292 Å². The number of benzene rings is 1. The molecular weight excluding hydrogens is 648 g/mol. The zero-order chi connectivity index (χ0) is 37.9. The molecule has 278 valence electrons. The first-order chi connectivity index (χ1) is 23.2. The van der Waals surface area contributed by atoms with Crippen molar-refractivity contribution in [1.82, 2.24) is 31.7 Å². The van der Waals surface area contributed by atoms with Crippen LogP contribution in [0.2, 0.25) is 0 Å². The van der Waals surface area contributed by atoms with Gasteiger partial charge in [-0.15, -0.1) is 0 Å². The molecule has 5 amide bonds. The van der Waals surface area contributed by atoms with Gasteiger partial charge in [0.1, 0.15) is 29.8 Å². The lowest BCUT2D eigenvalue weighted by Crippen LogP contribution is -2.62. The maximum absolute atomic E-state index is 13.6. The Morgan fingerprint density at radius 2 is 1.40 bits per heavy atom.